The normalized spacial score (nSPS) is 12.1. The number of aromatic nitrogens is 6. The van der Waals surface area contributed by atoms with Crippen molar-refractivity contribution in [2.24, 2.45) is 7.05 Å². The highest BCUT2D eigenvalue weighted by atomic mass is 19.4. The molecule has 162 valence electrons. The van der Waals surface area contributed by atoms with Gasteiger partial charge >= 0.3 is 6.18 Å². The smallest absolute Gasteiger partial charge is 0.419 e. The summed E-state index contributed by atoms with van der Waals surface area (Å²) in [6.45, 7) is 3.45. The van der Waals surface area contributed by atoms with Crippen molar-refractivity contribution < 1.29 is 22.4 Å². The van der Waals surface area contributed by atoms with Crippen molar-refractivity contribution >= 4 is 16.9 Å². The third kappa shape index (κ3) is 4.00. The second-order valence-corrected chi connectivity index (χ2v) is 7.17. The maximum Gasteiger partial charge on any atom is 0.419 e. The van der Waals surface area contributed by atoms with E-state index in [1.165, 1.54) is 16.8 Å². The first-order chi connectivity index (χ1) is 14.6. The molecule has 0 spiro atoms. The molecule has 4 rings (SSSR count). The van der Waals surface area contributed by atoms with Crippen LogP contribution in [0.5, 0.6) is 5.75 Å². The lowest BCUT2D eigenvalue weighted by atomic mass is 10.1. The van der Waals surface area contributed by atoms with Gasteiger partial charge in [-0.2, -0.15) is 18.2 Å². The average Bonchev–Trinajstić information content (AvgIpc) is 3.33. The Balaban J connectivity index is 1.68. The van der Waals surface area contributed by atoms with Gasteiger partial charge in [0.2, 0.25) is 0 Å². The van der Waals surface area contributed by atoms with Crippen molar-refractivity contribution in [2.45, 2.75) is 32.5 Å². The third-order valence-corrected chi connectivity index (χ3v) is 4.56. The number of alkyl halides is 3. The fourth-order valence-corrected chi connectivity index (χ4v) is 2.94. The van der Waals surface area contributed by atoms with Gasteiger partial charge in [-0.05, 0) is 24.3 Å². The predicted molar refractivity (Wildman–Crippen MR) is 104 cm³/mol. The highest BCUT2D eigenvalue weighted by molar-refractivity contribution is 5.87. The van der Waals surface area contributed by atoms with Gasteiger partial charge in [0.25, 0.3) is 5.89 Å². The molecule has 0 saturated carbocycles. The van der Waals surface area contributed by atoms with E-state index in [-0.39, 0.29) is 41.2 Å². The lowest BCUT2D eigenvalue weighted by molar-refractivity contribution is -0.139. The monoisotopic (exact) mass is 433 g/mol. The molecule has 31 heavy (non-hydrogen) atoms. The van der Waals surface area contributed by atoms with Crippen LogP contribution in [0.2, 0.25) is 0 Å². The first kappa shape index (κ1) is 20.6. The van der Waals surface area contributed by atoms with E-state index in [1.807, 2.05) is 13.8 Å². The van der Waals surface area contributed by atoms with Gasteiger partial charge < -0.3 is 15.0 Å². The zero-order valence-corrected chi connectivity index (χ0v) is 16.8. The number of pyridine rings is 1. The van der Waals surface area contributed by atoms with Gasteiger partial charge in [-0.15, -0.1) is 5.10 Å². The van der Waals surface area contributed by atoms with Gasteiger partial charge in [-0.25, -0.2) is 9.67 Å². The average molecular weight is 433 g/mol. The Hall–Kier alpha value is -3.70. The van der Waals surface area contributed by atoms with Crippen LogP contribution in [0, 0.1) is 0 Å². The minimum Gasteiger partial charge on any atom is -0.483 e. The molecule has 3 heterocycles. The van der Waals surface area contributed by atoms with Crippen LogP contribution < -0.4 is 10.5 Å². The van der Waals surface area contributed by atoms with Crippen LogP contribution in [0.1, 0.15) is 37.0 Å². The Labute approximate surface area is 174 Å². The predicted octanol–water partition coefficient (Wildman–Crippen LogP) is 3.72. The van der Waals surface area contributed by atoms with E-state index in [0.29, 0.717) is 16.9 Å². The molecule has 3 aromatic heterocycles. The summed E-state index contributed by atoms with van der Waals surface area (Å²) in [7, 11) is 1.65. The molecule has 0 aliphatic heterocycles. The molecule has 0 aliphatic rings. The summed E-state index contributed by atoms with van der Waals surface area (Å²) < 4.78 is 53.0. The second-order valence-electron chi connectivity index (χ2n) is 7.17. The SMILES string of the molecule is CC(C)c1noc(COc2ccc(-c3cc4c(nnn4C)c(N)n3)cc2C(F)(F)F)n1. The Morgan fingerprint density at radius 2 is 1.97 bits per heavy atom. The summed E-state index contributed by atoms with van der Waals surface area (Å²) in [5, 5.41) is 11.5. The van der Waals surface area contributed by atoms with E-state index in [2.05, 4.69) is 25.4 Å². The Bertz CT molecular complexity index is 1250. The van der Waals surface area contributed by atoms with E-state index in [4.69, 9.17) is 15.0 Å². The molecule has 0 amide bonds. The molecule has 0 unspecified atom stereocenters. The molecule has 0 bridgehead atoms. The lowest BCUT2D eigenvalue weighted by Crippen LogP contribution is -2.09. The molecule has 9 nitrogen and oxygen atoms in total. The van der Waals surface area contributed by atoms with E-state index in [1.54, 1.807) is 13.1 Å². The molecule has 0 fully saturated rings. The van der Waals surface area contributed by atoms with Crippen molar-refractivity contribution in [1.29, 1.82) is 0 Å². The fourth-order valence-electron chi connectivity index (χ4n) is 2.94. The third-order valence-electron chi connectivity index (χ3n) is 4.56. The first-order valence-corrected chi connectivity index (χ1v) is 9.26. The molecule has 0 radical (unpaired) electrons. The number of rotatable bonds is 5. The summed E-state index contributed by atoms with van der Waals surface area (Å²) >= 11 is 0. The molecule has 0 saturated heterocycles. The number of hydrogen-bond acceptors (Lipinski definition) is 8. The Morgan fingerprint density at radius 1 is 1.19 bits per heavy atom. The van der Waals surface area contributed by atoms with Crippen molar-refractivity contribution in [1.82, 2.24) is 30.1 Å². The summed E-state index contributed by atoms with van der Waals surface area (Å²) in [5.74, 6) is 0.274. The summed E-state index contributed by atoms with van der Waals surface area (Å²) in [6, 6.07) is 5.23. The fraction of sp³-hybridized carbons (Fsp3) is 0.316. The van der Waals surface area contributed by atoms with Gasteiger partial charge in [0.05, 0.1) is 16.8 Å². The second kappa shape index (κ2) is 7.52. The highest BCUT2D eigenvalue weighted by Crippen LogP contribution is 2.39. The van der Waals surface area contributed by atoms with Crippen LogP contribution >= 0.6 is 0 Å². The highest BCUT2D eigenvalue weighted by Gasteiger charge is 2.35. The zero-order valence-electron chi connectivity index (χ0n) is 16.8. The van der Waals surface area contributed by atoms with Crippen LogP contribution in [0.3, 0.4) is 0 Å². The maximum absolute atomic E-state index is 13.7. The molecular formula is C19H18F3N7O2. The van der Waals surface area contributed by atoms with Crippen molar-refractivity contribution in [3.63, 3.8) is 0 Å². The molecule has 2 N–H and O–H groups in total. The summed E-state index contributed by atoms with van der Waals surface area (Å²) in [4.78, 5) is 8.27. The number of fused-ring (bicyclic) bond motifs is 1. The number of halogens is 3. The number of benzene rings is 1. The number of ether oxygens (including phenoxy) is 1. The van der Waals surface area contributed by atoms with Crippen LogP contribution in [0.15, 0.2) is 28.8 Å². The van der Waals surface area contributed by atoms with Crippen molar-refractivity contribution in [3.8, 4) is 17.0 Å². The van der Waals surface area contributed by atoms with Crippen LogP contribution in [-0.2, 0) is 19.8 Å². The minimum absolute atomic E-state index is 0.0226. The zero-order chi connectivity index (χ0) is 22.3. The van der Waals surface area contributed by atoms with Gasteiger partial charge in [-0.3, -0.25) is 0 Å². The van der Waals surface area contributed by atoms with Crippen LogP contribution in [-0.4, -0.2) is 30.1 Å². The maximum atomic E-state index is 13.7. The molecule has 0 aliphatic carbocycles. The number of anilines is 1. The Morgan fingerprint density at radius 3 is 2.65 bits per heavy atom. The number of nitrogens with two attached hydrogens (primary N) is 1. The quantitative estimate of drug-likeness (QED) is 0.506. The van der Waals surface area contributed by atoms with Gasteiger partial charge in [0.1, 0.15) is 5.75 Å². The minimum atomic E-state index is -4.66. The number of nitrogen functional groups attached to an aromatic ring is 1. The molecule has 0 atom stereocenters. The largest absolute Gasteiger partial charge is 0.483 e. The van der Waals surface area contributed by atoms with Gasteiger partial charge in [0.15, 0.2) is 23.8 Å². The van der Waals surface area contributed by atoms with E-state index in [0.717, 1.165) is 6.07 Å². The van der Waals surface area contributed by atoms with Crippen LogP contribution in [0.25, 0.3) is 22.3 Å². The van der Waals surface area contributed by atoms with Crippen LogP contribution in [0.4, 0.5) is 19.0 Å². The topological polar surface area (TPSA) is 118 Å². The molecular weight excluding hydrogens is 415 g/mol. The summed E-state index contributed by atoms with van der Waals surface area (Å²) in [5.41, 5.74) is 6.34. The van der Waals surface area contributed by atoms with Gasteiger partial charge in [0, 0.05) is 18.5 Å². The van der Waals surface area contributed by atoms with Crippen molar-refractivity contribution in [2.75, 3.05) is 5.73 Å². The first-order valence-electron chi connectivity index (χ1n) is 9.26. The number of aryl methyl sites for hydroxylation is 1. The van der Waals surface area contributed by atoms with E-state index >= 15 is 0 Å². The summed E-state index contributed by atoms with van der Waals surface area (Å²) in [6.07, 6.45) is -4.66. The van der Waals surface area contributed by atoms with E-state index in [9.17, 15) is 13.2 Å². The standard InChI is InChI=1S/C19H18F3N7O2/c1-9(2)18-25-15(31-27-18)8-30-14-5-4-10(6-11(14)19(20,21)22)12-7-13-16(17(23)24-12)26-28-29(13)3/h4-7,9H,8H2,1-3H3,(H2,23,24). The molecule has 12 heteroatoms. The molecule has 1 aromatic carbocycles. The van der Waals surface area contributed by atoms with E-state index < -0.39 is 11.7 Å². The lowest BCUT2D eigenvalue weighted by Gasteiger charge is -2.15. The molecule has 4 aromatic rings. The van der Waals surface area contributed by atoms with Crippen molar-refractivity contribution in [3.05, 3.63) is 41.5 Å². The number of hydrogen-bond donors (Lipinski definition) is 1. The number of nitrogens with zero attached hydrogens (tertiary/aromatic N) is 6. The van der Waals surface area contributed by atoms with Gasteiger partial charge in [-0.1, -0.05) is 24.2 Å². The Kier molecular flexibility index (Phi) is 4.99.